The van der Waals surface area contributed by atoms with E-state index in [1.165, 1.54) is 11.3 Å². The Morgan fingerprint density at radius 1 is 1.60 bits per heavy atom. The van der Waals surface area contributed by atoms with Gasteiger partial charge in [0.2, 0.25) is 0 Å². The molecule has 0 spiro atoms. The highest BCUT2D eigenvalue weighted by atomic mass is 32.1. The summed E-state index contributed by atoms with van der Waals surface area (Å²) in [5, 5.41) is 9.50. The number of aromatic carboxylic acids is 1. The van der Waals surface area contributed by atoms with E-state index in [4.69, 9.17) is 10.8 Å². The minimum atomic E-state index is -0.907. The van der Waals surface area contributed by atoms with E-state index in [-0.39, 0.29) is 0 Å². The third-order valence-electron chi connectivity index (χ3n) is 2.70. The average Bonchev–Trinajstić information content (AvgIpc) is 2.41. The summed E-state index contributed by atoms with van der Waals surface area (Å²) in [4.78, 5) is 12.1. The molecule has 1 atom stereocenters. The summed E-state index contributed by atoms with van der Waals surface area (Å²) in [5.74, 6) is -0.411. The van der Waals surface area contributed by atoms with Crippen molar-refractivity contribution in [3.8, 4) is 0 Å². The van der Waals surface area contributed by atoms with Gasteiger partial charge in [0.1, 0.15) is 5.00 Å². The first kappa shape index (κ1) is 12.0. The minimum Gasteiger partial charge on any atom is -0.478 e. The van der Waals surface area contributed by atoms with Crippen LogP contribution in [0.15, 0.2) is 0 Å². The summed E-state index contributed by atoms with van der Waals surface area (Å²) in [6, 6.07) is 0. The lowest BCUT2D eigenvalue weighted by molar-refractivity contribution is 0.0697. The SMILES string of the molecule is CCC(C)Cc1c(C)sc(N)c1C(=O)O. The van der Waals surface area contributed by atoms with Crippen molar-refractivity contribution in [3.63, 3.8) is 0 Å². The zero-order valence-corrected chi connectivity index (χ0v) is 10.1. The third kappa shape index (κ3) is 2.50. The van der Waals surface area contributed by atoms with E-state index in [0.29, 0.717) is 16.5 Å². The molecule has 0 saturated carbocycles. The molecule has 0 bridgehead atoms. The van der Waals surface area contributed by atoms with Crippen molar-refractivity contribution in [2.24, 2.45) is 5.92 Å². The zero-order valence-electron chi connectivity index (χ0n) is 9.33. The van der Waals surface area contributed by atoms with Gasteiger partial charge in [-0.15, -0.1) is 11.3 Å². The van der Waals surface area contributed by atoms with Crippen molar-refractivity contribution >= 4 is 22.3 Å². The van der Waals surface area contributed by atoms with Crippen LogP contribution >= 0.6 is 11.3 Å². The number of carboxylic acid groups (broad SMARTS) is 1. The van der Waals surface area contributed by atoms with Crippen molar-refractivity contribution in [2.75, 3.05) is 5.73 Å². The van der Waals surface area contributed by atoms with Crippen molar-refractivity contribution in [1.82, 2.24) is 0 Å². The van der Waals surface area contributed by atoms with Crippen molar-refractivity contribution in [2.45, 2.75) is 33.6 Å². The standard InChI is InChI=1S/C11H17NO2S/c1-4-6(2)5-8-7(3)15-10(12)9(8)11(13)14/h6H,4-5,12H2,1-3H3,(H,13,14). The highest BCUT2D eigenvalue weighted by Gasteiger charge is 2.20. The normalized spacial score (nSPS) is 12.7. The summed E-state index contributed by atoms with van der Waals surface area (Å²) in [7, 11) is 0. The van der Waals surface area contributed by atoms with E-state index in [9.17, 15) is 4.79 Å². The van der Waals surface area contributed by atoms with Gasteiger partial charge in [0, 0.05) is 4.88 Å². The Bertz CT molecular complexity index is 371. The van der Waals surface area contributed by atoms with Crippen molar-refractivity contribution < 1.29 is 9.90 Å². The van der Waals surface area contributed by atoms with E-state index >= 15 is 0 Å². The monoisotopic (exact) mass is 227 g/mol. The molecule has 15 heavy (non-hydrogen) atoms. The molecule has 1 aromatic heterocycles. The number of thiophene rings is 1. The smallest absolute Gasteiger partial charge is 0.338 e. The number of carboxylic acids is 1. The van der Waals surface area contributed by atoms with Gasteiger partial charge in [0.05, 0.1) is 5.56 Å². The second kappa shape index (κ2) is 4.66. The predicted octanol–water partition coefficient (Wildman–Crippen LogP) is 2.93. The Balaban J connectivity index is 3.09. The van der Waals surface area contributed by atoms with Crippen LogP contribution in [0.1, 0.15) is 41.1 Å². The molecule has 3 N–H and O–H groups in total. The molecular weight excluding hydrogens is 210 g/mol. The summed E-state index contributed by atoms with van der Waals surface area (Å²) in [5.41, 5.74) is 6.93. The van der Waals surface area contributed by atoms with E-state index in [2.05, 4.69) is 13.8 Å². The van der Waals surface area contributed by atoms with Gasteiger partial charge in [0.25, 0.3) is 0 Å². The summed E-state index contributed by atoms with van der Waals surface area (Å²) in [6.07, 6.45) is 1.85. The van der Waals surface area contributed by atoms with Crippen molar-refractivity contribution in [1.29, 1.82) is 0 Å². The third-order valence-corrected chi connectivity index (χ3v) is 3.68. The second-order valence-corrected chi connectivity index (χ2v) is 5.16. The fourth-order valence-electron chi connectivity index (χ4n) is 1.58. The fourth-order valence-corrected chi connectivity index (χ4v) is 2.53. The number of hydrogen-bond donors (Lipinski definition) is 2. The second-order valence-electron chi connectivity index (χ2n) is 3.90. The van der Waals surface area contributed by atoms with Gasteiger partial charge in [-0.25, -0.2) is 4.79 Å². The molecule has 1 aromatic rings. The first-order chi connectivity index (χ1) is 6.97. The van der Waals surface area contributed by atoms with Crippen LogP contribution in [0.5, 0.6) is 0 Å². The highest BCUT2D eigenvalue weighted by molar-refractivity contribution is 7.16. The van der Waals surface area contributed by atoms with Crippen LogP contribution in [-0.4, -0.2) is 11.1 Å². The number of anilines is 1. The quantitative estimate of drug-likeness (QED) is 0.831. The fraction of sp³-hybridized carbons (Fsp3) is 0.545. The molecule has 0 aliphatic heterocycles. The van der Waals surface area contributed by atoms with Gasteiger partial charge in [-0.3, -0.25) is 0 Å². The lowest BCUT2D eigenvalue weighted by atomic mass is 9.96. The number of rotatable bonds is 4. The lowest BCUT2D eigenvalue weighted by Crippen LogP contribution is -2.06. The van der Waals surface area contributed by atoms with Gasteiger partial charge in [-0.05, 0) is 24.8 Å². The Labute approximate surface area is 93.9 Å². The maximum Gasteiger partial charge on any atom is 0.338 e. The Morgan fingerprint density at radius 2 is 2.20 bits per heavy atom. The Morgan fingerprint density at radius 3 is 2.67 bits per heavy atom. The van der Waals surface area contributed by atoms with E-state index in [0.717, 1.165) is 23.3 Å². The molecule has 0 aromatic carbocycles. The number of carbonyl (C=O) groups is 1. The maximum absolute atomic E-state index is 11.1. The molecule has 1 rings (SSSR count). The molecule has 3 nitrogen and oxygen atoms in total. The molecule has 0 aliphatic carbocycles. The molecule has 0 amide bonds. The molecule has 0 saturated heterocycles. The predicted molar refractivity (Wildman–Crippen MR) is 63.6 cm³/mol. The van der Waals surface area contributed by atoms with Crippen LogP contribution in [0.4, 0.5) is 5.00 Å². The zero-order chi connectivity index (χ0) is 11.6. The van der Waals surface area contributed by atoms with E-state index < -0.39 is 5.97 Å². The number of aryl methyl sites for hydroxylation is 1. The summed E-state index contributed by atoms with van der Waals surface area (Å²) < 4.78 is 0. The molecule has 1 unspecified atom stereocenters. The highest BCUT2D eigenvalue weighted by Crippen LogP contribution is 2.32. The van der Waals surface area contributed by atoms with Crippen molar-refractivity contribution in [3.05, 3.63) is 16.0 Å². The molecular formula is C11H17NO2S. The largest absolute Gasteiger partial charge is 0.478 e. The molecule has 84 valence electrons. The van der Waals surface area contributed by atoms with Crippen LogP contribution in [-0.2, 0) is 6.42 Å². The van der Waals surface area contributed by atoms with Crippen LogP contribution in [0.2, 0.25) is 0 Å². The van der Waals surface area contributed by atoms with Crippen LogP contribution < -0.4 is 5.73 Å². The Hall–Kier alpha value is -1.03. The molecule has 0 radical (unpaired) electrons. The average molecular weight is 227 g/mol. The van der Waals surface area contributed by atoms with Crippen LogP contribution in [0.25, 0.3) is 0 Å². The van der Waals surface area contributed by atoms with Gasteiger partial charge in [-0.1, -0.05) is 20.3 Å². The lowest BCUT2D eigenvalue weighted by Gasteiger charge is -2.09. The van der Waals surface area contributed by atoms with Crippen LogP contribution in [0.3, 0.4) is 0 Å². The number of hydrogen-bond acceptors (Lipinski definition) is 3. The van der Waals surface area contributed by atoms with Gasteiger partial charge in [0.15, 0.2) is 0 Å². The summed E-state index contributed by atoms with van der Waals surface area (Å²) in [6.45, 7) is 6.17. The molecule has 0 aliphatic rings. The molecule has 4 heteroatoms. The first-order valence-corrected chi connectivity index (χ1v) is 5.90. The Kier molecular flexibility index (Phi) is 3.74. The molecule has 1 heterocycles. The molecule has 0 fully saturated rings. The number of nitrogen functional groups attached to an aromatic ring is 1. The number of nitrogens with two attached hydrogens (primary N) is 1. The first-order valence-electron chi connectivity index (χ1n) is 5.08. The summed E-state index contributed by atoms with van der Waals surface area (Å²) >= 11 is 1.37. The van der Waals surface area contributed by atoms with Gasteiger partial charge in [-0.2, -0.15) is 0 Å². The van der Waals surface area contributed by atoms with Crippen LogP contribution in [0, 0.1) is 12.8 Å². The minimum absolute atomic E-state index is 0.317. The maximum atomic E-state index is 11.1. The topological polar surface area (TPSA) is 63.3 Å². The van der Waals surface area contributed by atoms with E-state index in [1.807, 2.05) is 6.92 Å². The van der Waals surface area contributed by atoms with E-state index in [1.54, 1.807) is 0 Å². The van der Waals surface area contributed by atoms with Gasteiger partial charge < -0.3 is 10.8 Å². The van der Waals surface area contributed by atoms with Gasteiger partial charge >= 0.3 is 5.97 Å².